The fourth-order valence-electron chi connectivity index (χ4n) is 9.92. The highest BCUT2D eigenvalue weighted by molar-refractivity contribution is 6.11. The molecule has 2 heterocycles. The summed E-state index contributed by atoms with van der Waals surface area (Å²) in [6, 6.07) is 9.52. The third-order valence-electron chi connectivity index (χ3n) is 13.1. The smallest absolute Gasteiger partial charge is 0.311 e. The number of hydrazine groups is 1. The van der Waals surface area contributed by atoms with E-state index in [0.29, 0.717) is 42.6 Å². The summed E-state index contributed by atoms with van der Waals surface area (Å²) in [6.07, 6.45) is 14.9. The van der Waals surface area contributed by atoms with E-state index in [1.54, 1.807) is 5.01 Å². The van der Waals surface area contributed by atoms with Crippen molar-refractivity contribution in [3.8, 4) is 0 Å². The normalized spacial score (nSPS) is 34.0. The predicted molar refractivity (Wildman–Crippen MR) is 195 cm³/mol. The molecule has 2 aliphatic heterocycles. The van der Waals surface area contributed by atoms with Crippen molar-refractivity contribution in [1.82, 2.24) is 10.0 Å². The predicted octanol–water partition coefficient (Wildman–Crippen LogP) is 9.19. The Morgan fingerprint density at radius 2 is 1.67 bits per heavy atom. The largest absolute Gasteiger partial charge is 0.462 e. The van der Waals surface area contributed by atoms with Gasteiger partial charge in [-0.2, -0.15) is 0 Å². The number of benzene rings is 1. The van der Waals surface area contributed by atoms with E-state index in [0.717, 1.165) is 43.2 Å². The van der Waals surface area contributed by atoms with Gasteiger partial charge in [-0.25, -0.2) is 10.0 Å². The third-order valence-corrected chi connectivity index (χ3v) is 13.1. The van der Waals surface area contributed by atoms with Gasteiger partial charge in [-0.15, -0.1) is 0 Å². The minimum atomic E-state index is -0.844. The minimum absolute atomic E-state index is 0.140. The van der Waals surface area contributed by atoms with Gasteiger partial charge in [0.05, 0.1) is 12.0 Å². The molecule has 3 aliphatic carbocycles. The molecule has 49 heavy (non-hydrogen) atoms. The number of nitrogens with zero attached hydrogens (tertiary/aromatic N) is 2. The van der Waals surface area contributed by atoms with Gasteiger partial charge in [0.25, 0.3) is 11.8 Å². The average molecular weight is 669 g/mol. The van der Waals surface area contributed by atoms with Gasteiger partial charge in [-0.3, -0.25) is 14.4 Å². The first-order valence-corrected chi connectivity index (χ1v) is 19.1. The highest BCUT2D eigenvalue weighted by Crippen LogP contribution is 2.60. The van der Waals surface area contributed by atoms with Crippen LogP contribution in [0.5, 0.6) is 0 Å². The Morgan fingerprint density at radius 1 is 0.959 bits per heavy atom. The summed E-state index contributed by atoms with van der Waals surface area (Å²) >= 11 is 0. The maximum absolute atomic E-state index is 14.6. The van der Waals surface area contributed by atoms with Crippen molar-refractivity contribution in [3.05, 3.63) is 70.8 Å². The number of ether oxygens (including phenoxy) is 1. The summed E-state index contributed by atoms with van der Waals surface area (Å²) in [5, 5.41) is 3.56. The molecule has 1 saturated heterocycles. The molecule has 5 aliphatic rings. The number of fused-ring (bicyclic) bond motifs is 2. The molecule has 1 aromatic carbocycles. The Hall–Kier alpha value is -3.15. The van der Waals surface area contributed by atoms with Crippen LogP contribution in [-0.4, -0.2) is 46.0 Å². The maximum Gasteiger partial charge on any atom is 0.311 e. The molecule has 0 aromatic heterocycles. The van der Waals surface area contributed by atoms with Crippen molar-refractivity contribution in [2.45, 2.75) is 131 Å². The van der Waals surface area contributed by atoms with Crippen LogP contribution in [0.1, 0.15) is 125 Å². The zero-order chi connectivity index (χ0) is 35.5. The van der Waals surface area contributed by atoms with Crippen LogP contribution in [0.2, 0.25) is 0 Å². The molecular weight excluding hydrogens is 608 g/mol. The van der Waals surface area contributed by atoms with Crippen molar-refractivity contribution in [1.29, 1.82) is 0 Å². The highest BCUT2D eigenvalue weighted by Gasteiger charge is 2.58. The lowest BCUT2D eigenvalue weighted by Gasteiger charge is -2.51. The van der Waals surface area contributed by atoms with Gasteiger partial charge in [0.1, 0.15) is 17.6 Å². The number of amides is 2. The van der Waals surface area contributed by atoms with E-state index >= 15 is 0 Å². The fourth-order valence-corrected chi connectivity index (χ4v) is 9.92. The van der Waals surface area contributed by atoms with Gasteiger partial charge in [-0.1, -0.05) is 88.8 Å². The summed E-state index contributed by atoms with van der Waals surface area (Å²) < 4.78 is 6.13. The zero-order valence-electron chi connectivity index (χ0n) is 31.6. The Bertz CT molecular complexity index is 1550. The third kappa shape index (κ3) is 6.35. The van der Waals surface area contributed by atoms with Gasteiger partial charge in [-0.05, 0) is 124 Å². The molecule has 0 unspecified atom stereocenters. The number of hydrogen-bond donors (Lipinski definition) is 0. The number of esters is 1. The maximum atomic E-state index is 14.6. The second-order valence-corrected chi connectivity index (χ2v) is 17.8. The quantitative estimate of drug-likeness (QED) is 0.165. The van der Waals surface area contributed by atoms with E-state index in [1.165, 1.54) is 24.0 Å². The van der Waals surface area contributed by atoms with Crippen LogP contribution in [0.4, 0.5) is 0 Å². The standard InChI is InChI=1S/C43H60N2O4/c1-27(2)28(3)17-18-29(4)34-21-22-35-31(16-13-23-42(34,35)8)25-43(9)36-24-33(49-40(48)41(5,6)7)20-19-32(36)26-44-38(46)37(39(47)45(43)44)30-14-11-10-12-15-30/h10-12,14-15,17-18,25,27-29,33-35,37H,13,16,19-24,26H2,1-9H3/b18-17+,31-25+/t28-,29+,33-,34+,35-,37+,42+,43-/m0/s1. The van der Waals surface area contributed by atoms with E-state index < -0.39 is 16.9 Å². The number of rotatable bonds is 7. The van der Waals surface area contributed by atoms with E-state index in [2.05, 4.69) is 59.8 Å². The van der Waals surface area contributed by atoms with Crippen molar-refractivity contribution in [2.75, 3.05) is 6.54 Å². The Labute approximate surface area is 295 Å². The molecule has 2 saturated carbocycles. The minimum Gasteiger partial charge on any atom is -0.462 e. The summed E-state index contributed by atoms with van der Waals surface area (Å²) in [5.74, 6) is 1.42. The topological polar surface area (TPSA) is 66.9 Å². The molecule has 266 valence electrons. The lowest BCUT2D eigenvalue weighted by atomic mass is 9.60. The number of hydrogen-bond acceptors (Lipinski definition) is 4. The first-order valence-electron chi connectivity index (χ1n) is 19.1. The molecular formula is C43H60N2O4. The Kier molecular flexibility index (Phi) is 9.60. The van der Waals surface area contributed by atoms with Crippen LogP contribution < -0.4 is 0 Å². The molecule has 1 aromatic rings. The molecule has 8 atom stereocenters. The molecule has 0 bridgehead atoms. The van der Waals surface area contributed by atoms with E-state index in [9.17, 15) is 14.4 Å². The molecule has 6 nitrogen and oxygen atoms in total. The van der Waals surface area contributed by atoms with Crippen LogP contribution in [0, 0.1) is 40.4 Å². The second kappa shape index (κ2) is 13.2. The fraction of sp³-hybridized carbons (Fsp3) is 0.651. The monoisotopic (exact) mass is 668 g/mol. The van der Waals surface area contributed by atoms with Crippen LogP contribution in [0.25, 0.3) is 0 Å². The highest BCUT2D eigenvalue weighted by atomic mass is 16.5. The van der Waals surface area contributed by atoms with Crippen LogP contribution in [-0.2, 0) is 19.1 Å². The molecule has 3 fully saturated rings. The van der Waals surface area contributed by atoms with Crippen molar-refractivity contribution < 1.29 is 19.1 Å². The molecule has 6 rings (SSSR count). The van der Waals surface area contributed by atoms with E-state index in [1.807, 2.05) is 56.1 Å². The zero-order valence-corrected chi connectivity index (χ0v) is 31.6. The first-order chi connectivity index (χ1) is 23.1. The van der Waals surface area contributed by atoms with Crippen molar-refractivity contribution in [3.63, 3.8) is 0 Å². The van der Waals surface area contributed by atoms with Crippen molar-refractivity contribution >= 4 is 17.8 Å². The van der Waals surface area contributed by atoms with Crippen molar-refractivity contribution in [2.24, 2.45) is 40.4 Å². The number of carbonyl (C=O) groups excluding carboxylic acids is 3. The van der Waals surface area contributed by atoms with Gasteiger partial charge in [0.2, 0.25) is 0 Å². The summed E-state index contributed by atoms with van der Waals surface area (Å²) in [5.41, 5.74) is 3.34. The van der Waals surface area contributed by atoms with Crippen LogP contribution in [0.3, 0.4) is 0 Å². The number of allylic oxidation sites excluding steroid dienone is 3. The Morgan fingerprint density at radius 3 is 2.35 bits per heavy atom. The van der Waals surface area contributed by atoms with E-state index in [-0.39, 0.29) is 29.3 Å². The van der Waals surface area contributed by atoms with Gasteiger partial charge in [0.15, 0.2) is 0 Å². The van der Waals surface area contributed by atoms with Gasteiger partial charge in [0, 0.05) is 6.42 Å². The summed E-state index contributed by atoms with van der Waals surface area (Å²) in [4.78, 5) is 41.8. The lowest BCUT2D eigenvalue weighted by molar-refractivity contribution is -0.161. The molecule has 2 amide bonds. The SMILES string of the molecule is CC(C)[C@@H](C)/C=C/[C@@H](C)[C@H]1CC[C@H]2/C(=C/[C@@]3(C)C4=C(CC[C@H](OC(=O)C(C)(C)C)C4)CN4C(=O)[C@@H](c5ccccc5)C(=O)N43)CCC[C@]12C. The Balaban J connectivity index is 1.39. The molecule has 0 N–H and O–H groups in total. The van der Waals surface area contributed by atoms with Crippen LogP contribution >= 0.6 is 0 Å². The summed E-state index contributed by atoms with van der Waals surface area (Å²) in [7, 11) is 0. The number of carbonyl (C=O) groups is 3. The van der Waals surface area contributed by atoms with E-state index in [4.69, 9.17) is 4.74 Å². The molecule has 0 radical (unpaired) electrons. The lowest BCUT2D eigenvalue weighted by Crippen LogP contribution is -2.60. The van der Waals surface area contributed by atoms with Crippen LogP contribution in [0.15, 0.2) is 65.3 Å². The van der Waals surface area contributed by atoms with Gasteiger partial charge >= 0.3 is 5.97 Å². The molecule has 0 spiro atoms. The molecule has 6 heteroatoms. The first kappa shape index (κ1) is 35.7. The second-order valence-electron chi connectivity index (χ2n) is 17.8. The van der Waals surface area contributed by atoms with Gasteiger partial charge < -0.3 is 4.74 Å². The summed E-state index contributed by atoms with van der Waals surface area (Å²) in [6.45, 7) is 20.1. The average Bonchev–Trinajstić information content (AvgIpc) is 3.53.